The maximum absolute atomic E-state index is 9.00. The maximum atomic E-state index is 9.00. The molecule has 0 fully saturated rings. The Labute approximate surface area is 91.4 Å². The SMILES string of the molecule is CC(=O)O.CCCCNCCOCCO. The van der Waals surface area contributed by atoms with E-state index < -0.39 is 5.97 Å². The quantitative estimate of drug-likeness (QED) is 0.519. The van der Waals surface area contributed by atoms with Crippen LogP contribution >= 0.6 is 0 Å². The molecule has 0 aromatic rings. The molecule has 0 aliphatic heterocycles. The maximum Gasteiger partial charge on any atom is 0.300 e. The molecule has 0 saturated carbocycles. The second-order valence-electron chi connectivity index (χ2n) is 2.96. The molecule has 0 spiro atoms. The van der Waals surface area contributed by atoms with E-state index in [9.17, 15) is 0 Å². The summed E-state index contributed by atoms with van der Waals surface area (Å²) in [4.78, 5) is 9.00. The Morgan fingerprint density at radius 2 is 1.93 bits per heavy atom. The van der Waals surface area contributed by atoms with E-state index in [-0.39, 0.29) is 6.61 Å². The smallest absolute Gasteiger partial charge is 0.300 e. The number of ether oxygens (including phenoxy) is 1. The number of aliphatic carboxylic acids is 1. The summed E-state index contributed by atoms with van der Waals surface area (Å²) in [5, 5.41) is 19.0. The molecule has 0 rings (SSSR count). The van der Waals surface area contributed by atoms with Gasteiger partial charge in [0.15, 0.2) is 0 Å². The first-order valence-corrected chi connectivity index (χ1v) is 5.24. The van der Waals surface area contributed by atoms with Crippen LogP contribution in [0.1, 0.15) is 26.7 Å². The van der Waals surface area contributed by atoms with E-state index in [2.05, 4.69) is 12.2 Å². The lowest BCUT2D eigenvalue weighted by Gasteiger charge is -2.03. The lowest BCUT2D eigenvalue weighted by molar-refractivity contribution is -0.134. The van der Waals surface area contributed by atoms with Crippen LogP contribution in [0.15, 0.2) is 0 Å². The van der Waals surface area contributed by atoms with Crippen molar-refractivity contribution in [2.45, 2.75) is 26.7 Å². The van der Waals surface area contributed by atoms with Crippen molar-refractivity contribution in [1.82, 2.24) is 5.32 Å². The van der Waals surface area contributed by atoms with Gasteiger partial charge in [-0.15, -0.1) is 0 Å². The topological polar surface area (TPSA) is 78.8 Å². The minimum absolute atomic E-state index is 0.120. The molecule has 0 unspecified atom stereocenters. The van der Waals surface area contributed by atoms with Crippen molar-refractivity contribution in [3.63, 3.8) is 0 Å². The zero-order valence-electron chi connectivity index (χ0n) is 9.66. The molecule has 0 aliphatic rings. The Bertz CT molecular complexity index is 119. The van der Waals surface area contributed by atoms with Crippen LogP contribution in [0.4, 0.5) is 0 Å². The number of carboxylic acids is 1. The number of aliphatic hydroxyl groups is 1. The van der Waals surface area contributed by atoms with Crippen LogP contribution in [0.3, 0.4) is 0 Å². The van der Waals surface area contributed by atoms with Crippen molar-refractivity contribution in [2.24, 2.45) is 0 Å². The molecule has 5 nitrogen and oxygen atoms in total. The van der Waals surface area contributed by atoms with Crippen LogP contribution < -0.4 is 5.32 Å². The van der Waals surface area contributed by atoms with Gasteiger partial charge in [0, 0.05) is 13.5 Å². The first-order chi connectivity index (χ1) is 7.15. The highest BCUT2D eigenvalue weighted by Crippen LogP contribution is 1.81. The Balaban J connectivity index is 0. The number of hydrogen-bond donors (Lipinski definition) is 3. The fourth-order valence-electron chi connectivity index (χ4n) is 0.738. The zero-order chi connectivity index (χ0) is 11.9. The summed E-state index contributed by atoms with van der Waals surface area (Å²) in [7, 11) is 0. The molecular weight excluding hydrogens is 198 g/mol. The molecule has 0 radical (unpaired) electrons. The van der Waals surface area contributed by atoms with Gasteiger partial charge < -0.3 is 20.3 Å². The number of carboxylic acid groups (broad SMARTS) is 1. The van der Waals surface area contributed by atoms with Crippen LogP contribution in [-0.2, 0) is 9.53 Å². The van der Waals surface area contributed by atoms with Crippen LogP contribution in [0, 0.1) is 0 Å². The van der Waals surface area contributed by atoms with Crippen LogP contribution in [0.2, 0.25) is 0 Å². The average Bonchev–Trinajstić information content (AvgIpc) is 2.16. The molecule has 0 heterocycles. The molecule has 0 saturated heterocycles. The molecule has 0 aromatic carbocycles. The number of hydrogen-bond acceptors (Lipinski definition) is 4. The summed E-state index contributed by atoms with van der Waals surface area (Å²) >= 11 is 0. The summed E-state index contributed by atoms with van der Waals surface area (Å²) in [6, 6.07) is 0. The highest BCUT2D eigenvalue weighted by atomic mass is 16.5. The number of aliphatic hydroxyl groups excluding tert-OH is 1. The van der Waals surface area contributed by atoms with E-state index in [1.54, 1.807) is 0 Å². The van der Waals surface area contributed by atoms with Crippen molar-refractivity contribution in [1.29, 1.82) is 0 Å². The van der Waals surface area contributed by atoms with Crippen molar-refractivity contribution in [3.05, 3.63) is 0 Å². The van der Waals surface area contributed by atoms with Gasteiger partial charge in [0.2, 0.25) is 0 Å². The van der Waals surface area contributed by atoms with E-state index >= 15 is 0 Å². The van der Waals surface area contributed by atoms with Crippen molar-refractivity contribution in [2.75, 3.05) is 32.9 Å². The number of unbranched alkanes of at least 4 members (excludes halogenated alkanes) is 1. The summed E-state index contributed by atoms with van der Waals surface area (Å²) in [5.74, 6) is -0.833. The highest BCUT2D eigenvalue weighted by Gasteiger charge is 1.86. The Hall–Kier alpha value is -0.650. The van der Waals surface area contributed by atoms with Gasteiger partial charge in [-0.1, -0.05) is 13.3 Å². The van der Waals surface area contributed by atoms with Crippen LogP contribution in [-0.4, -0.2) is 49.1 Å². The van der Waals surface area contributed by atoms with Gasteiger partial charge in [0.25, 0.3) is 5.97 Å². The van der Waals surface area contributed by atoms with E-state index in [4.69, 9.17) is 19.7 Å². The molecule has 0 bridgehead atoms. The van der Waals surface area contributed by atoms with Crippen molar-refractivity contribution >= 4 is 5.97 Å². The lowest BCUT2D eigenvalue weighted by atomic mass is 10.3. The first kappa shape index (κ1) is 16.8. The largest absolute Gasteiger partial charge is 0.481 e. The number of carbonyl (C=O) groups is 1. The third-order valence-corrected chi connectivity index (χ3v) is 1.37. The predicted octanol–water partition coefficient (Wildman–Crippen LogP) is 0.476. The molecule has 92 valence electrons. The molecule has 0 aromatic heterocycles. The summed E-state index contributed by atoms with van der Waals surface area (Å²) < 4.78 is 5.05. The summed E-state index contributed by atoms with van der Waals surface area (Å²) in [5.41, 5.74) is 0. The minimum atomic E-state index is -0.833. The van der Waals surface area contributed by atoms with Gasteiger partial charge in [0.1, 0.15) is 0 Å². The van der Waals surface area contributed by atoms with E-state index in [0.717, 1.165) is 20.0 Å². The van der Waals surface area contributed by atoms with Crippen molar-refractivity contribution < 1.29 is 19.7 Å². The minimum Gasteiger partial charge on any atom is -0.481 e. The molecule has 15 heavy (non-hydrogen) atoms. The number of rotatable bonds is 8. The van der Waals surface area contributed by atoms with Gasteiger partial charge in [-0.3, -0.25) is 4.79 Å². The van der Waals surface area contributed by atoms with E-state index in [0.29, 0.717) is 13.2 Å². The average molecular weight is 221 g/mol. The second kappa shape index (κ2) is 15.8. The third kappa shape index (κ3) is 31.8. The second-order valence-corrected chi connectivity index (χ2v) is 2.96. The first-order valence-electron chi connectivity index (χ1n) is 5.24. The van der Waals surface area contributed by atoms with Crippen LogP contribution in [0.5, 0.6) is 0 Å². The molecule has 0 amide bonds. The fourth-order valence-corrected chi connectivity index (χ4v) is 0.738. The fraction of sp³-hybridized carbons (Fsp3) is 0.900. The molecular formula is C10H23NO4. The van der Waals surface area contributed by atoms with E-state index in [1.807, 2.05) is 0 Å². The monoisotopic (exact) mass is 221 g/mol. The Kier molecular flexibility index (Phi) is 17.7. The summed E-state index contributed by atoms with van der Waals surface area (Å²) in [6.45, 7) is 6.48. The van der Waals surface area contributed by atoms with Gasteiger partial charge in [-0.05, 0) is 13.0 Å². The van der Waals surface area contributed by atoms with Gasteiger partial charge in [-0.25, -0.2) is 0 Å². The van der Waals surface area contributed by atoms with Gasteiger partial charge in [-0.2, -0.15) is 0 Å². The molecule has 0 aliphatic carbocycles. The Morgan fingerprint density at radius 3 is 2.40 bits per heavy atom. The summed E-state index contributed by atoms with van der Waals surface area (Å²) in [6.07, 6.45) is 2.45. The zero-order valence-corrected chi connectivity index (χ0v) is 9.66. The third-order valence-electron chi connectivity index (χ3n) is 1.37. The predicted molar refractivity (Wildman–Crippen MR) is 59.0 cm³/mol. The molecule has 3 N–H and O–H groups in total. The van der Waals surface area contributed by atoms with Gasteiger partial charge >= 0.3 is 0 Å². The molecule has 0 atom stereocenters. The lowest BCUT2D eigenvalue weighted by Crippen LogP contribution is -2.21. The van der Waals surface area contributed by atoms with Crippen molar-refractivity contribution in [3.8, 4) is 0 Å². The normalized spacial score (nSPS) is 9.27. The van der Waals surface area contributed by atoms with Crippen LogP contribution in [0.25, 0.3) is 0 Å². The van der Waals surface area contributed by atoms with E-state index in [1.165, 1.54) is 12.8 Å². The molecule has 5 heteroatoms. The standard InChI is InChI=1S/C8H19NO2.C2H4O2/c1-2-3-4-9-5-7-11-8-6-10;1-2(3)4/h9-10H,2-8H2,1H3;1H3,(H,3,4). The van der Waals surface area contributed by atoms with Gasteiger partial charge in [0.05, 0.1) is 19.8 Å². The number of nitrogens with one attached hydrogen (secondary N) is 1. The highest BCUT2D eigenvalue weighted by molar-refractivity contribution is 5.62. The Morgan fingerprint density at radius 1 is 1.33 bits per heavy atom.